The second kappa shape index (κ2) is 12.5. The first-order valence-corrected chi connectivity index (χ1v) is 13.5. The summed E-state index contributed by atoms with van der Waals surface area (Å²) in [4.78, 5) is 27.8. The van der Waals surface area contributed by atoms with E-state index in [4.69, 9.17) is 0 Å². The minimum atomic E-state index is -4.17. The molecule has 0 unspecified atom stereocenters. The molecule has 0 radical (unpaired) electrons. The fraction of sp³-hybridized carbons (Fsp3) is 0.286. The number of carbonyl (C=O) groups is 2. The van der Waals surface area contributed by atoms with Crippen molar-refractivity contribution in [2.75, 3.05) is 24.4 Å². The lowest BCUT2D eigenvalue weighted by Crippen LogP contribution is -2.52. The molecule has 0 aliphatic rings. The Morgan fingerprint density at radius 1 is 0.946 bits per heavy atom. The molecule has 0 aliphatic heterocycles. The van der Waals surface area contributed by atoms with Crippen LogP contribution < -0.4 is 9.62 Å². The van der Waals surface area contributed by atoms with Gasteiger partial charge in [0.25, 0.3) is 10.0 Å². The number of hydrogen-bond acceptors (Lipinski definition) is 4. The van der Waals surface area contributed by atoms with E-state index in [1.165, 1.54) is 36.2 Å². The molecular formula is C28H32FN3O4S. The maximum Gasteiger partial charge on any atom is 0.264 e. The van der Waals surface area contributed by atoms with Gasteiger partial charge >= 0.3 is 0 Å². The Labute approximate surface area is 218 Å². The van der Waals surface area contributed by atoms with Crippen LogP contribution in [0.15, 0.2) is 83.8 Å². The highest BCUT2D eigenvalue weighted by Crippen LogP contribution is 2.25. The molecule has 0 spiro atoms. The van der Waals surface area contributed by atoms with Crippen molar-refractivity contribution in [3.63, 3.8) is 0 Å². The SMILES string of the molecule is CC[C@@H](C(=O)NC)N(CCc1ccccc1)C(=O)CN(c1ccc(F)cc1)S(=O)(=O)c1ccc(C)cc1. The summed E-state index contributed by atoms with van der Waals surface area (Å²) in [5.41, 5.74) is 2.01. The maximum absolute atomic E-state index is 13.7. The van der Waals surface area contributed by atoms with Crippen LogP contribution in [-0.4, -0.2) is 51.3 Å². The number of aryl methyl sites for hydroxylation is 1. The molecule has 196 valence electrons. The lowest BCUT2D eigenvalue weighted by atomic mass is 10.1. The molecule has 0 bridgehead atoms. The van der Waals surface area contributed by atoms with E-state index < -0.39 is 34.3 Å². The first kappa shape index (κ1) is 27.9. The van der Waals surface area contributed by atoms with Gasteiger partial charge in [-0.15, -0.1) is 0 Å². The van der Waals surface area contributed by atoms with E-state index >= 15 is 0 Å². The molecule has 0 saturated heterocycles. The fourth-order valence-electron chi connectivity index (χ4n) is 4.04. The Balaban J connectivity index is 1.99. The normalized spacial score (nSPS) is 12.0. The minimum Gasteiger partial charge on any atom is -0.357 e. The van der Waals surface area contributed by atoms with Crippen molar-refractivity contribution in [2.24, 2.45) is 0 Å². The van der Waals surface area contributed by atoms with Crippen LogP contribution in [0.2, 0.25) is 0 Å². The van der Waals surface area contributed by atoms with Gasteiger partial charge in [-0.2, -0.15) is 0 Å². The molecule has 0 aliphatic carbocycles. The highest BCUT2D eigenvalue weighted by molar-refractivity contribution is 7.92. The zero-order chi connectivity index (χ0) is 27.0. The van der Waals surface area contributed by atoms with E-state index in [-0.39, 0.29) is 23.0 Å². The summed E-state index contributed by atoms with van der Waals surface area (Å²) in [6, 6.07) is 19.9. The zero-order valence-corrected chi connectivity index (χ0v) is 22.0. The topological polar surface area (TPSA) is 86.8 Å². The van der Waals surface area contributed by atoms with Crippen LogP contribution in [0.1, 0.15) is 24.5 Å². The van der Waals surface area contributed by atoms with E-state index in [0.717, 1.165) is 27.6 Å². The molecule has 1 atom stereocenters. The molecule has 3 rings (SSSR count). The Kier molecular flexibility index (Phi) is 9.41. The predicted octanol–water partition coefficient (Wildman–Crippen LogP) is 3.93. The molecule has 3 aromatic carbocycles. The van der Waals surface area contributed by atoms with Crippen molar-refractivity contribution in [3.8, 4) is 0 Å². The molecule has 0 saturated carbocycles. The second-order valence-electron chi connectivity index (χ2n) is 8.66. The van der Waals surface area contributed by atoms with Crippen LogP contribution in [-0.2, 0) is 26.0 Å². The summed E-state index contributed by atoms with van der Waals surface area (Å²) in [6.45, 7) is 3.30. The van der Waals surface area contributed by atoms with Crippen molar-refractivity contribution in [2.45, 2.75) is 37.6 Å². The molecular weight excluding hydrogens is 493 g/mol. The molecule has 9 heteroatoms. The summed E-state index contributed by atoms with van der Waals surface area (Å²) < 4.78 is 42.0. The van der Waals surface area contributed by atoms with E-state index in [1.54, 1.807) is 19.1 Å². The van der Waals surface area contributed by atoms with Crippen LogP contribution in [0, 0.1) is 12.7 Å². The summed E-state index contributed by atoms with van der Waals surface area (Å²) >= 11 is 0. The van der Waals surface area contributed by atoms with Gasteiger partial charge < -0.3 is 10.2 Å². The van der Waals surface area contributed by atoms with Gasteiger partial charge in [-0.3, -0.25) is 13.9 Å². The number of nitrogens with zero attached hydrogens (tertiary/aromatic N) is 2. The first-order valence-electron chi connectivity index (χ1n) is 12.1. The van der Waals surface area contributed by atoms with Crippen molar-refractivity contribution in [1.29, 1.82) is 0 Å². The minimum absolute atomic E-state index is 0.00408. The van der Waals surface area contributed by atoms with E-state index in [9.17, 15) is 22.4 Å². The number of hydrogen-bond donors (Lipinski definition) is 1. The lowest BCUT2D eigenvalue weighted by molar-refractivity contribution is -0.139. The van der Waals surface area contributed by atoms with E-state index in [1.807, 2.05) is 37.3 Å². The van der Waals surface area contributed by atoms with Gasteiger partial charge in [0, 0.05) is 13.6 Å². The summed E-state index contributed by atoms with van der Waals surface area (Å²) in [5, 5.41) is 2.60. The van der Waals surface area contributed by atoms with Gasteiger partial charge in [0.1, 0.15) is 18.4 Å². The number of anilines is 1. The third-order valence-electron chi connectivity index (χ3n) is 6.12. The molecule has 2 amide bonds. The smallest absolute Gasteiger partial charge is 0.264 e. The van der Waals surface area contributed by atoms with Crippen LogP contribution in [0.4, 0.5) is 10.1 Å². The number of carbonyl (C=O) groups excluding carboxylic acids is 2. The van der Waals surface area contributed by atoms with Gasteiger partial charge in [-0.1, -0.05) is 55.0 Å². The average Bonchev–Trinajstić information content (AvgIpc) is 2.90. The number of rotatable bonds is 11. The Morgan fingerprint density at radius 3 is 2.14 bits per heavy atom. The maximum atomic E-state index is 13.7. The van der Waals surface area contributed by atoms with Gasteiger partial charge in [-0.05, 0) is 61.7 Å². The van der Waals surface area contributed by atoms with Crippen LogP contribution in [0.25, 0.3) is 0 Å². The standard InChI is InChI=1S/C28H32FN3O4S/c1-4-26(28(34)30-3)31(19-18-22-8-6-5-7-9-22)27(33)20-32(24-14-12-23(29)13-15-24)37(35,36)25-16-10-21(2)11-17-25/h5-17,26H,4,18-20H2,1-3H3,(H,30,34)/t26-/m0/s1. The molecule has 37 heavy (non-hydrogen) atoms. The average molecular weight is 526 g/mol. The number of halogens is 1. The number of sulfonamides is 1. The van der Waals surface area contributed by atoms with Crippen LogP contribution in [0.5, 0.6) is 0 Å². The van der Waals surface area contributed by atoms with Gasteiger partial charge in [-0.25, -0.2) is 12.8 Å². The highest BCUT2D eigenvalue weighted by Gasteiger charge is 2.33. The Hall–Kier alpha value is -3.72. The van der Waals surface area contributed by atoms with E-state index in [2.05, 4.69) is 5.32 Å². The van der Waals surface area contributed by atoms with Gasteiger partial charge in [0.2, 0.25) is 11.8 Å². The first-order chi connectivity index (χ1) is 17.7. The quantitative estimate of drug-likeness (QED) is 0.411. The summed E-state index contributed by atoms with van der Waals surface area (Å²) in [5.74, 6) is -1.40. The van der Waals surface area contributed by atoms with Crippen molar-refractivity contribution >= 4 is 27.5 Å². The summed E-state index contributed by atoms with van der Waals surface area (Å²) in [6.07, 6.45) is 0.836. The number of likely N-dealkylation sites (N-methyl/N-ethyl adjacent to an activating group) is 1. The number of benzene rings is 3. The molecule has 0 fully saturated rings. The van der Waals surface area contributed by atoms with Gasteiger partial charge in [0.05, 0.1) is 10.6 Å². The largest absolute Gasteiger partial charge is 0.357 e. The third kappa shape index (κ3) is 6.95. The highest BCUT2D eigenvalue weighted by atomic mass is 32.2. The van der Waals surface area contributed by atoms with E-state index in [0.29, 0.717) is 12.8 Å². The Bertz CT molecular complexity index is 1300. The zero-order valence-electron chi connectivity index (χ0n) is 21.2. The third-order valence-corrected chi connectivity index (χ3v) is 7.91. The van der Waals surface area contributed by atoms with Gasteiger partial charge in [0.15, 0.2) is 0 Å². The summed E-state index contributed by atoms with van der Waals surface area (Å²) in [7, 11) is -2.68. The number of amides is 2. The van der Waals surface area contributed by atoms with Crippen LogP contribution >= 0.6 is 0 Å². The number of nitrogens with one attached hydrogen (secondary N) is 1. The monoisotopic (exact) mass is 525 g/mol. The molecule has 3 aromatic rings. The second-order valence-corrected chi connectivity index (χ2v) is 10.5. The molecule has 0 aromatic heterocycles. The molecule has 1 N–H and O–H groups in total. The van der Waals surface area contributed by atoms with Crippen molar-refractivity contribution in [1.82, 2.24) is 10.2 Å². The fourth-order valence-corrected chi connectivity index (χ4v) is 5.45. The predicted molar refractivity (Wildman–Crippen MR) is 142 cm³/mol. The molecule has 7 nitrogen and oxygen atoms in total. The van der Waals surface area contributed by atoms with Crippen molar-refractivity contribution < 1.29 is 22.4 Å². The van der Waals surface area contributed by atoms with Crippen LogP contribution in [0.3, 0.4) is 0 Å². The molecule has 0 heterocycles. The van der Waals surface area contributed by atoms with Crippen molar-refractivity contribution in [3.05, 3.63) is 95.8 Å². The lowest BCUT2D eigenvalue weighted by Gasteiger charge is -2.33. The Morgan fingerprint density at radius 2 is 1.57 bits per heavy atom.